The van der Waals surface area contributed by atoms with E-state index < -0.39 is 0 Å². The summed E-state index contributed by atoms with van der Waals surface area (Å²) < 4.78 is 5.33. The Labute approximate surface area is 146 Å². The highest BCUT2D eigenvalue weighted by atomic mass is 35.5. The van der Waals surface area contributed by atoms with Crippen molar-refractivity contribution in [2.45, 2.75) is 6.92 Å². The van der Waals surface area contributed by atoms with Crippen molar-refractivity contribution in [3.63, 3.8) is 0 Å². The molecule has 0 amide bonds. The van der Waals surface area contributed by atoms with Crippen molar-refractivity contribution in [2.75, 3.05) is 6.61 Å². The van der Waals surface area contributed by atoms with Crippen molar-refractivity contribution in [3.8, 4) is 11.5 Å². The lowest BCUT2D eigenvalue weighted by Crippen LogP contribution is -1.99. The number of benzene rings is 2. The van der Waals surface area contributed by atoms with Crippen LogP contribution >= 0.6 is 23.2 Å². The van der Waals surface area contributed by atoms with Gasteiger partial charge in [0.1, 0.15) is 0 Å². The van der Waals surface area contributed by atoms with E-state index in [9.17, 15) is 9.90 Å². The summed E-state index contributed by atoms with van der Waals surface area (Å²) in [4.78, 5) is 20.9. The summed E-state index contributed by atoms with van der Waals surface area (Å²) in [5.41, 5.74) is 1.86. The zero-order valence-corrected chi connectivity index (χ0v) is 14.1. The van der Waals surface area contributed by atoms with Gasteiger partial charge in [0.2, 0.25) is 0 Å². The molecule has 0 spiro atoms. The zero-order chi connectivity index (χ0) is 17.3. The summed E-state index contributed by atoms with van der Waals surface area (Å²) in [6.07, 6.45) is 1.40. The number of phenols is 1. The maximum Gasteiger partial charge on any atom is 0.323 e. The van der Waals surface area contributed by atoms with Crippen LogP contribution < -0.4 is 10.4 Å². The molecule has 0 aliphatic rings. The molecule has 6 nitrogen and oxygen atoms in total. The maximum atomic E-state index is 11.3. The summed E-state index contributed by atoms with van der Waals surface area (Å²) in [5.74, 6) is 0.102. The Morgan fingerprint density at radius 2 is 2.00 bits per heavy atom. The molecule has 3 rings (SSSR count). The Kier molecular flexibility index (Phi) is 4.51. The number of rotatable bonds is 4. The molecule has 0 atom stereocenters. The number of imidazole rings is 1. The lowest BCUT2D eigenvalue weighted by Gasteiger charge is -2.10. The monoisotopic (exact) mass is 365 g/mol. The number of nitrogens with one attached hydrogen (secondary N) is 2. The second-order valence-corrected chi connectivity index (χ2v) is 5.72. The molecule has 0 saturated carbocycles. The fourth-order valence-corrected chi connectivity index (χ4v) is 2.63. The van der Waals surface area contributed by atoms with E-state index in [1.165, 1.54) is 12.3 Å². The van der Waals surface area contributed by atoms with Crippen molar-refractivity contribution in [1.82, 2.24) is 9.97 Å². The van der Waals surface area contributed by atoms with Gasteiger partial charge in [0.25, 0.3) is 0 Å². The number of phenolic OH excluding ortho intramolecular Hbond substituents is 1. The summed E-state index contributed by atoms with van der Waals surface area (Å²) in [5, 5.41) is 10.7. The first-order chi connectivity index (χ1) is 11.5. The van der Waals surface area contributed by atoms with Crippen LogP contribution in [-0.2, 0) is 0 Å². The third kappa shape index (κ3) is 3.11. The molecule has 24 heavy (non-hydrogen) atoms. The van der Waals surface area contributed by atoms with E-state index in [4.69, 9.17) is 27.9 Å². The maximum absolute atomic E-state index is 11.3. The van der Waals surface area contributed by atoms with Crippen LogP contribution in [0.1, 0.15) is 12.5 Å². The van der Waals surface area contributed by atoms with E-state index in [1.807, 2.05) is 0 Å². The normalized spacial score (nSPS) is 11.5. The predicted octanol–water partition coefficient (Wildman–Crippen LogP) is 4.02. The topological polar surface area (TPSA) is 90.5 Å². The fourth-order valence-electron chi connectivity index (χ4n) is 2.24. The molecule has 124 valence electrons. The minimum atomic E-state index is -0.289. The molecule has 0 radical (unpaired) electrons. The van der Waals surface area contributed by atoms with E-state index in [0.29, 0.717) is 23.3 Å². The average molecular weight is 366 g/mol. The number of aromatic nitrogens is 2. The molecule has 3 aromatic rings. The molecule has 0 aliphatic carbocycles. The lowest BCUT2D eigenvalue weighted by atomic mass is 10.2. The first-order valence-electron chi connectivity index (χ1n) is 7.09. The van der Waals surface area contributed by atoms with E-state index >= 15 is 0 Å². The van der Waals surface area contributed by atoms with Gasteiger partial charge in [-0.2, -0.15) is 0 Å². The van der Waals surface area contributed by atoms with Gasteiger partial charge in [0.05, 0.1) is 38.9 Å². The van der Waals surface area contributed by atoms with Crippen LogP contribution in [0.25, 0.3) is 11.0 Å². The summed E-state index contributed by atoms with van der Waals surface area (Å²) in [6, 6.07) is 6.60. The number of hydrogen-bond donors (Lipinski definition) is 3. The molecule has 1 heterocycles. The molecule has 2 aromatic carbocycles. The quantitative estimate of drug-likeness (QED) is 0.609. The van der Waals surface area contributed by atoms with Crippen LogP contribution in [0.3, 0.4) is 0 Å². The van der Waals surface area contributed by atoms with Gasteiger partial charge in [0.15, 0.2) is 11.5 Å². The van der Waals surface area contributed by atoms with Gasteiger partial charge in [0, 0.05) is 12.3 Å². The highest BCUT2D eigenvalue weighted by Crippen LogP contribution is 2.39. The second-order valence-electron chi connectivity index (χ2n) is 4.93. The number of ether oxygens (including phenoxy) is 1. The van der Waals surface area contributed by atoms with E-state index in [-0.39, 0.29) is 32.8 Å². The van der Waals surface area contributed by atoms with Crippen LogP contribution in [0.15, 0.2) is 34.1 Å². The molecule has 0 fully saturated rings. The minimum absolute atomic E-state index is 0.133. The molecule has 1 aromatic heterocycles. The third-order valence-corrected chi connectivity index (χ3v) is 4.14. The Morgan fingerprint density at radius 3 is 2.75 bits per heavy atom. The van der Waals surface area contributed by atoms with Crippen molar-refractivity contribution in [3.05, 3.63) is 50.4 Å². The zero-order valence-electron chi connectivity index (χ0n) is 12.6. The van der Waals surface area contributed by atoms with Crippen LogP contribution in [0.5, 0.6) is 11.5 Å². The van der Waals surface area contributed by atoms with Gasteiger partial charge < -0.3 is 19.8 Å². The first kappa shape index (κ1) is 16.4. The highest BCUT2D eigenvalue weighted by molar-refractivity contribution is 6.44. The van der Waals surface area contributed by atoms with Crippen molar-refractivity contribution >= 4 is 46.1 Å². The van der Waals surface area contributed by atoms with Crippen LogP contribution in [0, 0.1) is 0 Å². The van der Waals surface area contributed by atoms with Gasteiger partial charge in [-0.05, 0) is 25.1 Å². The van der Waals surface area contributed by atoms with Gasteiger partial charge in [-0.3, -0.25) is 4.99 Å². The number of H-pyrrole nitrogens is 2. The van der Waals surface area contributed by atoms with Crippen molar-refractivity contribution in [1.29, 1.82) is 0 Å². The van der Waals surface area contributed by atoms with Gasteiger partial charge in [-0.25, -0.2) is 4.79 Å². The van der Waals surface area contributed by atoms with Crippen molar-refractivity contribution in [2.24, 2.45) is 4.99 Å². The van der Waals surface area contributed by atoms with Crippen LogP contribution in [0.2, 0.25) is 10.0 Å². The number of fused-ring (bicyclic) bond motifs is 1. The molecule has 0 aliphatic heterocycles. The summed E-state index contributed by atoms with van der Waals surface area (Å²) in [6.45, 7) is 2.17. The first-order valence-corrected chi connectivity index (χ1v) is 7.85. The predicted molar refractivity (Wildman–Crippen MR) is 95.5 cm³/mol. The number of nitrogens with zero attached hydrogens (tertiary/aromatic N) is 1. The summed E-state index contributed by atoms with van der Waals surface area (Å²) in [7, 11) is 0. The number of aliphatic imine (C=N–C) groups is 1. The SMILES string of the molecule is CCOc1cc(Cl)c(Cl)c(C=Nc2ccc3[nH]c(=O)[nH]c3c2)c1O. The minimum Gasteiger partial charge on any atom is -0.504 e. The molecule has 0 saturated heterocycles. The van der Waals surface area contributed by atoms with Crippen LogP contribution in [-0.4, -0.2) is 27.9 Å². The Morgan fingerprint density at radius 1 is 1.25 bits per heavy atom. The van der Waals surface area contributed by atoms with Gasteiger partial charge >= 0.3 is 5.69 Å². The van der Waals surface area contributed by atoms with Gasteiger partial charge in [-0.15, -0.1) is 0 Å². The van der Waals surface area contributed by atoms with Crippen molar-refractivity contribution < 1.29 is 9.84 Å². The molecule has 0 unspecified atom stereocenters. The Bertz CT molecular complexity index is 992. The molecule has 0 bridgehead atoms. The number of hydrogen-bond acceptors (Lipinski definition) is 4. The molecule has 8 heteroatoms. The summed E-state index contributed by atoms with van der Waals surface area (Å²) >= 11 is 12.2. The molecule has 3 N–H and O–H groups in total. The smallest absolute Gasteiger partial charge is 0.323 e. The highest BCUT2D eigenvalue weighted by Gasteiger charge is 2.15. The number of aromatic hydroxyl groups is 1. The largest absolute Gasteiger partial charge is 0.504 e. The average Bonchev–Trinajstić information content (AvgIpc) is 2.92. The Hall–Kier alpha value is -2.44. The fraction of sp³-hybridized carbons (Fsp3) is 0.125. The van der Waals surface area contributed by atoms with E-state index in [0.717, 1.165) is 0 Å². The molecular weight excluding hydrogens is 353 g/mol. The Balaban J connectivity index is 2.02. The van der Waals surface area contributed by atoms with E-state index in [1.54, 1.807) is 25.1 Å². The van der Waals surface area contributed by atoms with Crippen LogP contribution in [0.4, 0.5) is 5.69 Å². The van der Waals surface area contributed by atoms with Gasteiger partial charge in [-0.1, -0.05) is 23.2 Å². The van der Waals surface area contributed by atoms with E-state index in [2.05, 4.69) is 15.0 Å². The number of halogens is 2. The third-order valence-electron chi connectivity index (χ3n) is 3.33. The second kappa shape index (κ2) is 6.59. The standard InChI is InChI=1S/C16H13Cl2N3O3/c1-2-24-13-6-10(17)14(18)9(15(13)22)7-19-8-3-4-11-12(5-8)21-16(23)20-11/h3-7,22H,2H2,1H3,(H2,20,21,23). The lowest BCUT2D eigenvalue weighted by molar-refractivity contribution is 0.318. The number of aromatic amines is 2. The molecular formula is C16H13Cl2N3O3.